The quantitative estimate of drug-likeness (QED) is 0.726. The van der Waals surface area contributed by atoms with Crippen molar-refractivity contribution in [2.75, 3.05) is 6.54 Å². The molecule has 24 heavy (non-hydrogen) atoms. The highest BCUT2D eigenvalue weighted by atomic mass is 32.1. The van der Waals surface area contributed by atoms with Gasteiger partial charge in [-0.2, -0.15) is 0 Å². The monoisotopic (exact) mass is 338 g/mol. The predicted octanol–water partition coefficient (Wildman–Crippen LogP) is 5.04. The highest BCUT2D eigenvalue weighted by Crippen LogP contribution is 2.33. The van der Waals surface area contributed by atoms with Gasteiger partial charge in [-0.05, 0) is 56.6 Å². The van der Waals surface area contributed by atoms with Crippen molar-refractivity contribution in [3.8, 4) is 16.3 Å². The second-order valence-corrected chi connectivity index (χ2v) is 7.68. The number of phenolic OH excluding ortho intramolecular Hbond substituents is 1. The molecule has 1 aliphatic rings. The van der Waals surface area contributed by atoms with Crippen molar-refractivity contribution in [2.45, 2.75) is 38.8 Å². The van der Waals surface area contributed by atoms with Crippen molar-refractivity contribution in [3.63, 3.8) is 0 Å². The molecule has 1 saturated heterocycles. The van der Waals surface area contributed by atoms with Crippen LogP contribution in [0.2, 0.25) is 0 Å². The number of benzene rings is 2. The number of hydrogen-bond acceptors (Lipinski definition) is 4. The average molecular weight is 338 g/mol. The van der Waals surface area contributed by atoms with Gasteiger partial charge in [0.2, 0.25) is 0 Å². The Bertz CT molecular complexity index is 825. The van der Waals surface area contributed by atoms with Crippen molar-refractivity contribution in [2.24, 2.45) is 0 Å². The van der Waals surface area contributed by atoms with Crippen LogP contribution in [0.15, 0.2) is 42.5 Å². The van der Waals surface area contributed by atoms with Gasteiger partial charge in [0.15, 0.2) is 0 Å². The summed E-state index contributed by atoms with van der Waals surface area (Å²) in [5.41, 5.74) is 3.13. The molecule has 1 atom stereocenters. The number of thiazole rings is 1. The fourth-order valence-electron chi connectivity index (χ4n) is 3.45. The molecule has 4 rings (SSSR count). The normalized spacial score (nSPS) is 19.0. The van der Waals surface area contributed by atoms with Gasteiger partial charge in [-0.1, -0.05) is 18.6 Å². The highest BCUT2D eigenvalue weighted by molar-refractivity contribution is 7.21. The molecular weight excluding hydrogens is 316 g/mol. The van der Waals surface area contributed by atoms with E-state index in [-0.39, 0.29) is 0 Å². The third kappa shape index (κ3) is 3.04. The second-order valence-electron chi connectivity index (χ2n) is 6.65. The first kappa shape index (κ1) is 15.6. The first-order valence-electron chi connectivity index (χ1n) is 8.62. The lowest BCUT2D eigenvalue weighted by Crippen LogP contribution is -2.36. The number of likely N-dealkylation sites (tertiary alicyclic amines) is 1. The van der Waals surface area contributed by atoms with Gasteiger partial charge in [0.25, 0.3) is 0 Å². The summed E-state index contributed by atoms with van der Waals surface area (Å²) in [6.07, 6.45) is 3.82. The van der Waals surface area contributed by atoms with Crippen molar-refractivity contribution >= 4 is 21.6 Å². The molecule has 2 aromatic carbocycles. The zero-order valence-electron chi connectivity index (χ0n) is 13.9. The Morgan fingerprint density at radius 2 is 2.08 bits per heavy atom. The van der Waals surface area contributed by atoms with E-state index >= 15 is 0 Å². The minimum Gasteiger partial charge on any atom is -0.508 e. The molecule has 124 valence electrons. The first-order chi connectivity index (χ1) is 11.7. The molecule has 0 amide bonds. The third-order valence-corrected chi connectivity index (χ3v) is 6.02. The molecular formula is C20H22N2OS. The molecule has 0 saturated carbocycles. The van der Waals surface area contributed by atoms with Gasteiger partial charge in [-0.25, -0.2) is 4.98 Å². The molecule has 3 nitrogen and oxygen atoms in total. The van der Waals surface area contributed by atoms with Gasteiger partial charge >= 0.3 is 0 Å². The molecule has 0 spiro atoms. The van der Waals surface area contributed by atoms with E-state index in [4.69, 9.17) is 4.98 Å². The maximum absolute atomic E-state index is 10.3. The lowest BCUT2D eigenvalue weighted by molar-refractivity contribution is 0.151. The fraction of sp³-hybridized carbons (Fsp3) is 0.350. The Morgan fingerprint density at radius 3 is 2.92 bits per heavy atom. The Hall–Kier alpha value is -1.91. The summed E-state index contributed by atoms with van der Waals surface area (Å²) in [6.45, 7) is 4.21. The van der Waals surface area contributed by atoms with Crippen LogP contribution in [0.5, 0.6) is 5.75 Å². The van der Waals surface area contributed by atoms with Crippen LogP contribution < -0.4 is 0 Å². The van der Waals surface area contributed by atoms with Crippen LogP contribution in [0.3, 0.4) is 0 Å². The van der Waals surface area contributed by atoms with Crippen molar-refractivity contribution in [3.05, 3.63) is 48.0 Å². The SMILES string of the molecule is C[C@H]1CCCCN1Cc1cc(-c2nc3ccccc3s2)ccc1O. The van der Waals surface area contributed by atoms with Crippen molar-refractivity contribution < 1.29 is 5.11 Å². The van der Waals surface area contributed by atoms with Gasteiger partial charge < -0.3 is 5.11 Å². The number of rotatable bonds is 3. The maximum atomic E-state index is 10.3. The minimum atomic E-state index is 0.387. The standard InChI is InChI=1S/C20H22N2OS/c1-14-6-4-5-11-22(14)13-16-12-15(9-10-18(16)23)20-21-17-7-2-3-8-19(17)24-20/h2-3,7-10,12,14,23H,4-6,11,13H2,1H3/t14-/m0/s1. The Balaban J connectivity index is 1.65. The molecule has 4 heteroatoms. The molecule has 1 aliphatic heterocycles. The van der Waals surface area contributed by atoms with E-state index in [0.717, 1.165) is 34.7 Å². The van der Waals surface area contributed by atoms with Crippen LogP contribution >= 0.6 is 11.3 Å². The number of fused-ring (bicyclic) bond motifs is 1. The molecule has 1 fully saturated rings. The molecule has 0 aliphatic carbocycles. The van der Waals surface area contributed by atoms with E-state index in [1.54, 1.807) is 11.3 Å². The van der Waals surface area contributed by atoms with Crippen LogP contribution in [0.1, 0.15) is 31.7 Å². The zero-order chi connectivity index (χ0) is 16.5. The Kier molecular flexibility index (Phi) is 4.25. The van der Waals surface area contributed by atoms with Gasteiger partial charge in [0.1, 0.15) is 10.8 Å². The molecule has 1 N–H and O–H groups in total. The van der Waals surface area contributed by atoms with E-state index in [0.29, 0.717) is 11.8 Å². The number of para-hydroxylation sites is 1. The van der Waals surface area contributed by atoms with Gasteiger partial charge in [0, 0.05) is 23.7 Å². The van der Waals surface area contributed by atoms with Gasteiger partial charge in [-0.15, -0.1) is 11.3 Å². The lowest BCUT2D eigenvalue weighted by atomic mass is 10.0. The largest absolute Gasteiger partial charge is 0.508 e. The Morgan fingerprint density at radius 1 is 1.21 bits per heavy atom. The number of phenols is 1. The van der Waals surface area contributed by atoms with E-state index < -0.39 is 0 Å². The van der Waals surface area contributed by atoms with Crippen LogP contribution in [-0.2, 0) is 6.54 Å². The van der Waals surface area contributed by atoms with Crippen LogP contribution in [0, 0.1) is 0 Å². The van der Waals surface area contributed by atoms with Crippen molar-refractivity contribution in [1.82, 2.24) is 9.88 Å². The molecule has 3 aromatic rings. The summed E-state index contributed by atoms with van der Waals surface area (Å²) in [5, 5.41) is 11.3. The lowest BCUT2D eigenvalue weighted by Gasteiger charge is -2.33. The summed E-state index contributed by atoms with van der Waals surface area (Å²) in [6, 6.07) is 14.7. The predicted molar refractivity (Wildman–Crippen MR) is 100 cm³/mol. The fourth-order valence-corrected chi connectivity index (χ4v) is 4.41. The molecule has 2 heterocycles. The summed E-state index contributed by atoms with van der Waals surface area (Å²) >= 11 is 1.71. The van der Waals surface area contributed by atoms with E-state index in [2.05, 4.69) is 24.0 Å². The smallest absolute Gasteiger partial charge is 0.124 e. The number of nitrogens with zero attached hydrogens (tertiary/aromatic N) is 2. The molecule has 0 unspecified atom stereocenters. The van der Waals surface area contributed by atoms with E-state index in [1.165, 1.54) is 24.0 Å². The van der Waals surface area contributed by atoms with Gasteiger partial charge in [0.05, 0.1) is 10.2 Å². The maximum Gasteiger partial charge on any atom is 0.124 e. The number of aromatic hydroxyl groups is 1. The summed E-state index contributed by atoms with van der Waals surface area (Å²) in [4.78, 5) is 7.21. The minimum absolute atomic E-state index is 0.387. The first-order valence-corrected chi connectivity index (χ1v) is 9.44. The number of piperidine rings is 1. The van der Waals surface area contributed by atoms with Crippen LogP contribution in [-0.4, -0.2) is 27.6 Å². The Labute approximate surface area is 146 Å². The summed E-state index contributed by atoms with van der Waals surface area (Å²) in [7, 11) is 0. The van der Waals surface area contributed by atoms with Gasteiger partial charge in [-0.3, -0.25) is 4.90 Å². The molecule has 0 bridgehead atoms. The summed E-state index contributed by atoms with van der Waals surface area (Å²) in [5.74, 6) is 0.387. The third-order valence-electron chi connectivity index (χ3n) is 4.93. The topological polar surface area (TPSA) is 36.4 Å². The highest BCUT2D eigenvalue weighted by Gasteiger charge is 2.20. The summed E-state index contributed by atoms with van der Waals surface area (Å²) < 4.78 is 1.20. The second kappa shape index (κ2) is 6.54. The average Bonchev–Trinajstić information content (AvgIpc) is 3.03. The number of aromatic nitrogens is 1. The van der Waals surface area contributed by atoms with Crippen LogP contribution in [0.4, 0.5) is 0 Å². The zero-order valence-corrected chi connectivity index (χ0v) is 14.7. The molecule has 0 radical (unpaired) electrons. The number of hydrogen-bond donors (Lipinski definition) is 1. The van der Waals surface area contributed by atoms with E-state index in [9.17, 15) is 5.11 Å². The van der Waals surface area contributed by atoms with Crippen LogP contribution in [0.25, 0.3) is 20.8 Å². The molecule has 1 aromatic heterocycles. The van der Waals surface area contributed by atoms with Crippen molar-refractivity contribution in [1.29, 1.82) is 0 Å². The van der Waals surface area contributed by atoms with E-state index in [1.807, 2.05) is 30.3 Å².